The molecule has 1 amide bonds. The van der Waals surface area contributed by atoms with Gasteiger partial charge >= 0.3 is 0 Å². The molecule has 1 heterocycles. The van der Waals surface area contributed by atoms with Crippen molar-refractivity contribution in [1.29, 1.82) is 0 Å². The molecule has 1 aliphatic heterocycles. The van der Waals surface area contributed by atoms with E-state index in [1.165, 1.54) is 11.1 Å². The predicted molar refractivity (Wildman–Crippen MR) is 169 cm³/mol. The molecule has 3 nitrogen and oxygen atoms in total. The maximum absolute atomic E-state index is 13.4. The van der Waals surface area contributed by atoms with Gasteiger partial charge in [-0.05, 0) is 84.2 Å². The number of nitrogens with zero attached hydrogens (tertiary/aromatic N) is 2. The summed E-state index contributed by atoms with van der Waals surface area (Å²) < 4.78 is 0. The molecule has 0 radical (unpaired) electrons. The molecule has 2 aromatic rings. The van der Waals surface area contributed by atoms with Gasteiger partial charge in [-0.15, -0.1) is 13.2 Å². The van der Waals surface area contributed by atoms with E-state index < -0.39 is 0 Å². The number of allylic oxidation sites excluding steroid dienone is 4. The highest BCUT2D eigenvalue weighted by atomic mass is 16.2. The molecule has 8 unspecified atom stereocenters. The zero-order valence-electron chi connectivity index (χ0n) is 24.9. The van der Waals surface area contributed by atoms with Crippen LogP contribution in [0.15, 0.2) is 98.4 Å². The average Bonchev–Trinajstić information content (AvgIpc) is 3.57. The number of anilines is 2. The van der Waals surface area contributed by atoms with Crippen molar-refractivity contribution >= 4 is 17.3 Å². The summed E-state index contributed by atoms with van der Waals surface area (Å²) in [6, 6.07) is 17.3. The Morgan fingerprint density at radius 3 is 2.15 bits per heavy atom. The van der Waals surface area contributed by atoms with E-state index in [0.717, 1.165) is 48.5 Å². The summed E-state index contributed by atoms with van der Waals surface area (Å²) in [5.74, 6) is 3.39. The molecule has 0 bridgehead atoms. The van der Waals surface area contributed by atoms with E-state index >= 15 is 0 Å². The van der Waals surface area contributed by atoms with E-state index in [2.05, 4.69) is 120 Å². The third kappa shape index (κ3) is 4.78. The van der Waals surface area contributed by atoms with Gasteiger partial charge in [0.2, 0.25) is 5.91 Å². The first-order valence-electron chi connectivity index (χ1n) is 15.1. The summed E-state index contributed by atoms with van der Waals surface area (Å²) in [5.41, 5.74) is 6.72. The first kappa shape index (κ1) is 28.2. The minimum absolute atomic E-state index is 0.0999. The number of hydrogen-bond donors (Lipinski definition) is 0. The van der Waals surface area contributed by atoms with Crippen LogP contribution in [0, 0.1) is 47.3 Å². The quantitative estimate of drug-likeness (QED) is 0.301. The highest BCUT2D eigenvalue weighted by Gasteiger charge is 2.53. The second kappa shape index (κ2) is 11.3. The van der Waals surface area contributed by atoms with Crippen molar-refractivity contribution in [2.24, 2.45) is 47.3 Å². The fourth-order valence-electron chi connectivity index (χ4n) is 8.19. The molecule has 3 heteroatoms. The minimum atomic E-state index is 0.0999. The van der Waals surface area contributed by atoms with Gasteiger partial charge in [-0.1, -0.05) is 76.8 Å². The van der Waals surface area contributed by atoms with Gasteiger partial charge < -0.3 is 4.90 Å². The highest BCUT2D eigenvalue weighted by Crippen LogP contribution is 2.53. The van der Waals surface area contributed by atoms with Crippen molar-refractivity contribution in [3.8, 4) is 0 Å². The summed E-state index contributed by atoms with van der Waals surface area (Å²) in [6.07, 6.45) is 8.36. The van der Waals surface area contributed by atoms with E-state index in [0.29, 0.717) is 35.5 Å². The molecule has 1 saturated heterocycles. The maximum Gasteiger partial charge on any atom is 0.235 e. The summed E-state index contributed by atoms with van der Waals surface area (Å²) in [6.45, 7) is 23.9. The second-order valence-electron chi connectivity index (χ2n) is 12.6. The van der Waals surface area contributed by atoms with E-state index in [1.54, 1.807) is 0 Å². The third-order valence-electron chi connectivity index (χ3n) is 10.4. The van der Waals surface area contributed by atoms with E-state index in [-0.39, 0.29) is 17.7 Å². The van der Waals surface area contributed by atoms with Crippen molar-refractivity contribution in [3.63, 3.8) is 0 Å². The zero-order valence-corrected chi connectivity index (χ0v) is 24.9. The summed E-state index contributed by atoms with van der Waals surface area (Å²) in [5, 5.41) is 0. The molecule has 2 aromatic carbocycles. The van der Waals surface area contributed by atoms with Gasteiger partial charge in [-0.3, -0.25) is 9.69 Å². The molecule has 0 spiro atoms. The van der Waals surface area contributed by atoms with Crippen LogP contribution in [0.4, 0.5) is 11.4 Å². The van der Waals surface area contributed by atoms with Gasteiger partial charge in [-0.25, -0.2) is 0 Å². The van der Waals surface area contributed by atoms with Crippen LogP contribution in [0.5, 0.6) is 0 Å². The van der Waals surface area contributed by atoms with Crippen LogP contribution in [-0.4, -0.2) is 13.0 Å². The van der Waals surface area contributed by atoms with E-state index in [1.807, 2.05) is 4.90 Å². The van der Waals surface area contributed by atoms with Gasteiger partial charge in [-0.2, -0.15) is 0 Å². The van der Waals surface area contributed by atoms with Gasteiger partial charge in [0.1, 0.15) is 0 Å². The highest BCUT2D eigenvalue weighted by molar-refractivity contribution is 6.02. The summed E-state index contributed by atoms with van der Waals surface area (Å²) in [4.78, 5) is 17.6. The van der Waals surface area contributed by atoms with Crippen molar-refractivity contribution in [2.45, 2.75) is 46.5 Å². The Balaban J connectivity index is 1.25. The van der Waals surface area contributed by atoms with Gasteiger partial charge in [0.15, 0.2) is 0 Å². The molecular formula is C37H46N2O. The molecule has 5 rings (SSSR count). The molecule has 3 aliphatic rings. The SMILES string of the molecule is C=CC1CC(C)C(C(=C)N(C)c2ccc(Cc3ccc(N4C(=C)C5C(C)CC(CC)C5C4=O)cc3)cc2)C1C=C. The van der Waals surface area contributed by atoms with E-state index in [4.69, 9.17) is 0 Å². The lowest BCUT2D eigenvalue weighted by molar-refractivity contribution is -0.121. The van der Waals surface area contributed by atoms with Crippen LogP contribution in [0.2, 0.25) is 0 Å². The molecule has 2 aliphatic carbocycles. The molecule has 2 saturated carbocycles. The second-order valence-corrected chi connectivity index (χ2v) is 12.6. The topological polar surface area (TPSA) is 23.6 Å². The Kier molecular flexibility index (Phi) is 7.95. The number of benzene rings is 2. The van der Waals surface area contributed by atoms with Crippen LogP contribution in [0.25, 0.3) is 0 Å². The van der Waals surface area contributed by atoms with Crippen molar-refractivity contribution in [1.82, 2.24) is 0 Å². The molecule has 0 aromatic heterocycles. The number of carbonyl (C=O) groups excluding carboxylic acids is 1. The van der Waals surface area contributed by atoms with Crippen LogP contribution >= 0.6 is 0 Å². The molecule has 8 atom stereocenters. The minimum Gasteiger partial charge on any atom is -0.348 e. The Labute approximate surface area is 242 Å². The van der Waals surface area contributed by atoms with Crippen molar-refractivity contribution in [2.75, 3.05) is 16.8 Å². The Hall–Kier alpha value is -3.33. The Bertz CT molecular complexity index is 1290. The lowest BCUT2D eigenvalue weighted by atomic mass is 9.84. The third-order valence-corrected chi connectivity index (χ3v) is 10.4. The number of amides is 1. The molecule has 0 N–H and O–H groups in total. The lowest BCUT2D eigenvalue weighted by Crippen LogP contribution is -2.28. The van der Waals surface area contributed by atoms with Gasteiger partial charge in [0.05, 0.1) is 5.92 Å². The van der Waals surface area contributed by atoms with Crippen LogP contribution in [0.3, 0.4) is 0 Å². The lowest BCUT2D eigenvalue weighted by Gasteiger charge is -2.32. The average molecular weight is 535 g/mol. The summed E-state index contributed by atoms with van der Waals surface area (Å²) >= 11 is 0. The zero-order chi connectivity index (χ0) is 28.7. The monoisotopic (exact) mass is 534 g/mol. The Morgan fingerprint density at radius 1 is 0.950 bits per heavy atom. The van der Waals surface area contributed by atoms with Crippen LogP contribution in [-0.2, 0) is 11.2 Å². The predicted octanol–water partition coefficient (Wildman–Crippen LogP) is 8.65. The van der Waals surface area contributed by atoms with Crippen molar-refractivity contribution in [3.05, 3.63) is 110 Å². The normalized spacial score (nSPS) is 31.4. The van der Waals surface area contributed by atoms with E-state index in [9.17, 15) is 4.79 Å². The molecule has 40 heavy (non-hydrogen) atoms. The van der Waals surface area contributed by atoms with Crippen molar-refractivity contribution < 1.29 is 4.79 Å². The fourth-order valence-corrected chi connectivity index (χ4v) is 8.19. The van der Waals surface area contributed by atoms with Crippen LogP contribution in [0.1, 0.15) is 51.2 Å². The number of carbonyl (C=O) groups is 1. The maximum atomic E-state index is 13.4. The number of fused-ring (bicyclic) bond motifs is 1. The number of hydrogen-bond acceptors (Lipinski definition) is 2. The smallest absolute Gasteiger partial charge is 0.235 e. The molecule has 210 valence electrons. The molecular weight excluding hydrogens is 488 g/mol. The van der Waals surface area contributed by atoms with Crippen LogP contribution < -0.4 is 9.80 Å². The standard InChI is InChI=1S/C37H46N2O/c1-9-29-20-23(4)34(33(29)11-3)25(6)38(8)31-16-12-27(13-17-31)22-28-14-18-32(19-15-28)39-26(7)35-24(5)21-30(10-2)36(35)37(39)40/h9,11-19,23-24,29-30,33-36H,1,3,6-7,10,20-22H2,2,4-5,8H3. The van der Waals surface area contributed by atoms with Gasteiger partial charge in [0.25, 0.3) is 0 Å². The molecule has 3 fully saturated rings. The van der Waals surface area contributed by atoms with Gasteiger partial charge in [0, 0.05) is 41.7 Å². The number of rotatable bonds is 9. The first-order chi connectivity index (χ1) is 19.2. The largest absolute Gasteiger partial charge is 0.348 e. The summed E-state index contributed by atoms with van der Waals surface area (Å²) in [7, 11) is 2.12. The first-order valence-corrected chi connectivity index (χ1v) is 15.1. The fraction of sp³-hybridized carbons (Fsp3) is 0.432. The Morgan fingerprint density at radius 2 is 1.57 bits per heavy atom.